The minimum absolute atomic E-state index is 0.246. The van der Waals surface area contributed by atoms with E-state index in [2.05, 4.69) is 10.6 Å². The van der Waals surface area contributed by atoms with Gasteiger partial charge >= 0.3 is 0 Å². The molecule has 7 heteroatoms. The SMILES string of the molecule is COc1ccc(OC)c(N[C@@H](NC(=O)c2ccccc2)C(=O)c2cccs2)c1. The Kier molecular flexibility index (Phi) is 6.29. The van der Waals surface area contributed by atoms with E-state index in [0.717, 1.165) is 0 Å². The molecule has 3 rings (SSSR count). The molecule has 28 heavy (non-hydrogen) atoms. The normalized spacial score (nSPS) is 11.4. The van der Waals surface area contributed by atoms with E-state index < -0.39 is 6.17 Å². The van der Waals surface area contributed by atoms with E-state index in [1.807, 2.05) is 11.4 Å². The minimum Gasteiger partial charge on any atom is -0.497 e. The fraction of sp³-hybridized carbons (Fsp3) is 0.143. The summed E-state index contributed by atoms with van der Waals surface area (Å²) in [6.07, 6.45) is -0.979. The third kappa shape index (κ3) is 4.50. The number of hydrogen-bond acceptors (Lipinski definition) is 6. The Morgan fingerprint density at radius 1 is 0.964 bits per heavy atom. The molecule has 0 aliphatic heterocycles. The maximum atomic E-state index is 13.0. The van der Waals surface area contributed by atoms with Crippen LogP contribution in [0.15, 0.2) is 66.0 Å². The summed E-state index contributed by atoms with van der Waals surface area (Å²) in [4.78, 5) is 26.2. The standard InChI is InChI=1S/C21H20N2O4S/c1-26-15-10-11-17(27-2)16(13-15)22-20(19(24)18-9-6-12-28-18)23-21(25)14-7-4-3-5-8-14/h3-13,20,22H,1-2H3,(H,23,25)/t20-/m0/s1. The van der Waals surface area contributed by atoms with Crippen LogP contribution in [-0.2, 0) is 0 Å². The molecular formula is C21H20N2O4S. The van der Waals surface area contributed by atoms with Gasteiger partial charge in [-0.25, -0.2) is 0 Å². The summed E-state index contributed by atoms with van der Waals surface area (Å²) in [6, 6.07) is 17.4. The molecule has 0 spiro atoms. The lowest BCUT2D eigenvalue weighted by molar-refractivity contribution is 0.0871. The molecule has 0 unspecified atom stereocenters. The zero-order valence-electron chi connectivity index (χ0n) is 15.5. The number of thiophene rings is 1. The van der Waals surface area contributed by atoms with Crippen LogP contribution >= 0.6 is 11.3 Å². The van der Waals surface area contributed by atoms with Gasteiger partial charge in [-0.2, -0.15) is 0 Å². The second-order valence-electron chi connectivity index (χ2n) is 5.82. The first kappa shape index (κ1) is 19.4. The molecule has 2 N–H and O–H groups in total. The summed E-state index contributed by atoms with van der Waals surface area (Å²) in [5, 5.41) is 7.67. The molecule has 0 fully saturated rings. The summed E-state index contributed by atoms with van der Waals surface area (Å²) >= 11 is 1.31. The number of nitrogens with one attached hydrogen (secondary N) is 2. The molecular weight excluding hydrogens is 376 g/mol. The highest BCUT2D eigenvalue weighted by molar-refractivity contribution is 7.12. The summed E-state index contributed by atoms with van der Waals surface area (Å²) in [5.41, 5.74) is 0.996. The maximum absolute atomic E-state index is 13.0. The van der Waals surface area contributed by atoms with Gasteiger partial charge in [-0.1, -0.05) is 24.3 Å². The Balaban J connectivity index is 1.90. The molecule has 1 atom stereocenters. The van der Waals surface area contributed by atoms with Gasteiger partial charge in [-0.3, -0.25) is 9.59 Å². The Morgan fingerprint density at radius 3 is 2.39 bits per heavy atom. The fourth-order valence-electron chi connectivity index (χ4n) is 2.61. The van der Waals surface area contributed by atoms with Gasteiger partial charge in [-0.15, -0.1) is 11.3 Å². The number of ketones is 1. The molecule has 1 heterocycles. The minimum atomic E-state index is -0.979. The van der Waals surface area contributed by atoms with Gasteiger partial charge in [0.05, 0.1) is 24.8 Å². The van der Waals surface area contributed by atoms with Crippen LogP contribution in [-0.4, -0.2) is 32.1 Å². The number of methoxy groups -OCH3 is 2. The first-order valence-corrected chi connectivity index (χ1v) is 9.42. The number of carbonyl (C=O) groups excluding carboxylic acids is 2. The Morgan fingerprint density at radius 2 is 1.75 bits per heavy atom. The van der Waals surface area contributed by atoms with Crippen LogP contribution < -0.4 is 20.1 Å². The number of Topliss-reactive ketones (excluding diaryl/α,β-unsaturated/α-hetero) is 1. The Bertz CT molecular complexity index is 942. The van der Waals surface area contributed by atoms with Crippen molar-refractivity contribution in [3.8, 4) is 11.5 Å². The molecule has 144 valence electrons. The van der Waals surface area contributed by atoms with Gasteiger partial charge in [0.15, 0.2) is 6.17 Å². The van der Waals surface area contributed by atoms with Crippen LogP contribution in [0.25, 0.3) is 0 Å². The number of rotatable bonds is 8. The highest BCUT2D eigenvalue weighted by Crippen LogP contribution is 2.29. The zero-order chi connectivity index (χ0) is 19.9. The van der Waals surface area contributed by atoms with E-state index >= 15 is 0 Å². The Hall–Kier alpha value is -3.32. The molecule has 3 aromatic rings. The fourth-order valence-corrected chi connectivity index (χ4v) is 3.31. The quantitative estimate of drug-likeness (QED) is 0.447. The van der Waals surface area contributed by atoms with Crippen LogP contribution in [0, 0.1) is 0 Å². The van der Waals surface area contributed by atoms with Crippen LogP contribution in [0.1, 0.15) is 20.0 Å². The first-order valence-electron chi connectivity index (χ1n) is 8.54. The van der Waals surface area contributed by atoms with E-state index in [1.165, 1.54) is 18.4 Å². The topological polar surface area (TPSA) is 76.7 Å². The molecule has 0 bridgehead atoms. The molecule has 6 nitrogen and oxygen atoms in total. The van der Waals surface area contributed by atoms with Crippen molar-refractivity contribution in [3.63, 3.8) is 0 Å². The van der Waals surface area contributed by atoms with Crippen LogP contribution in [0.5, 0.6) is 11.5 Å². The summed E-state index contributed by atoms with van der Waals surface area (Å²) in [6.45, 7) is 0. The van der Waals surface area contributed by atoms with Crippen molar-refractivity contribution in [2.75, 3.05) is 19.5 Å². The number of amides is 1. The van der Waals surface area contributed by atoms with E-state index in [9.17, 15) is 9.59 Å². The number of hydrogen-bond donors (Lipinski definition) is 2. The second-order valence-corrected chi connectivity index (χ2v) is 6.77. The predicted octanol–water partition coefficient (Wildman–Crippen LogP) is 3.82. The molecule has 0 aliphatic rings. The lowest BCUT2D eigenvalue weighted by Crippen LogP contribution is -2.46. The number of ether oxygens (including phenoxy) is 2. The van der Waals surface area contributed by atoms with Crippen LogP contribution in [0.4, 0.5) is 5.69 Å². The average molecular weight is 396 g/mol. The predicted molar refractivity (Wildman–Crippen MR) is 110 cm³/mol. The van der Waals surface area contributed by atoms with Crippen molar-refractivity contribution in [2.45, 2.75) is 6.17 Å². The first-order chi connectivity index (χ1) is 13.6. The molecule has 2 aromatic carbocycles. The number of benzene rings is 2. The monoisotopic (exact) mass is 396 g/mol. The molecule has 0 radical (unpaired) electrons. The van der Waals surface area contributed by atoms with E-state index in [-0.39, 0.29) is 11.7 Å². The molecule has 0 aliphatic carbocycles. The van der Waals surface area contributed by atoms with Crippen molar-refractivity contribution >= 4 is 28.7 Å². The van der Waals surface area contributed by atoms with Crippen LogP contribution in [0.2, 0.25) is 0 Å². The Labute approximate surface area is 167 Å². The number of carbonyl (C=O) groups is 2. The van der Waals surface area contributed by atoms with Crippen molar-refractivity contribution < 1.29 is 19.1 Å². The van der Waals surface area contributed by atoms with Gasteiger partial charge in [-0.05, 0) is 35.7 Å². The van der Waals surface area contributed by atoms with Gasteiger partial charge in [0.1, 0.15) is 11.5 Å². The average Bonchev–Trinajstić information content (AvgIpc) is 3.28. The van der Waals surface area contributed by atoms with Gasteiger partial charge in [0, 0.05) is 11.6 Å². The van der Waals surface area contributed by atoms with Gasteiger partial charge in [0.2, 0.25) is 5.78 Å². The second kappa shape index (κ2) is 9.05. The van der Waals surface area contributed by atoms with Crippen molar-refractivity contribution in [1.82, 2.24) is 5.32 Å². The third-order valence-electron chi connectivity index (χ3n) is 4.04. The van der Waals surface area contributed by atoms with Crippen LogP contribution in [0.3, 0.4) is 0 Å². The zero-order valence-corrected chi connectivity index (χ0v) is 16.3. The van der Waals surface area contributed by atoms with E-state index in [4.69, 9.17) is 9.47 Å². The highest BCUT2D eigenvalue weighted by Gasteiger charge is 2.24. The van der Waals surface area contributed by atoms with Crippen molar-refractivity contribution in [1.29, 1.82) is 0 Å². The molecule has 0 saturated heterocycles. The largest absolute Gasteiger partial charge is 0.497 e. The summed E-state index contributed by atoms with van der Waals surface area (Å²) in [5.74, 6) is 0.521. The molecule has 1 aromatic heterocycles. The van der Waals surface area contributed by atoms with E-state index in [1.54, 1.807) is 61.7 Å². The van der Waals surface area contributed by atoms with Gasteiger partial charge in [0.25, 0.3) is 5.91 Å². The lowest BCUT2D eigenvalue weighted by Gasteiger charge is -2.21. The van der Waals surface area contributed by atoms with Gasteiger partial charge < -0.3 is 20.1 Å². The maximum Gasteiger partial charge on any atom is 0.253 e. The molecule has 0 saturated carbocycles. The van der Waals surface area contributed by atoms with E-state index in [0.29, 0.717) is 27.6 Å². The molecule has 1 amide bonds. The summed E-state index contributed by atoms with van der Waals surface area (Å²) in [7, 11) is 3.09. The highest BCUT2D eigenvalue weighted by atomic mass is 32.1. The summed E-state index contributed by atoms with van der Waals surface area (Å²) < 4.78 is 10.6. The smallest absolute Gasteiger partial charge is 0.253 e. The van der Waals surface area contributed by atoms with Crippen molar-refractivity contribution in [2.24, 2.45) is 0 Å². The number of anilines is 1. The van der Waals surface area contributed by atoms with Crippen molar-refractivity contribution in [3.05, 3.63) is 76.5 Å². The lowest BCUT2D eigenvalue weighted by atomic mass is 10.2. The third-order valence-corrected chi connectivity index (χ3v) is 4.93.